The lowest BCUT2D eigenvalue weighted by atomic mass is 10.1. The molecule has 0 aromatic heterocycles. The van der Waals surface area contributed by atoms with Crippen LogP contribution in [0.5, 0.6) is 0 Å². The highest BCUT2D eigenvalue weighted by atomic mass is 32.2. The van der Waals surface area contributed by atoms with Crippen LogP contribution in [0.15, 0.2) is 53.4 Å². The van der Waals surface area contributed by atoms with Gasteiger partial charge in [-0.1, -0.05) is 35.9 Å². The topological polar surface area (TPSA) is 86.8 Å². The number of aryl methyl sites for hydroxylation is 1. The van der Waals surface area contributed by atoms with Crippen molar-refractivity contribution in [2.24, 2.45) is 0 Å². The molecule has 0 aliphatic carbocycles. The molecule has 0 fully saturated rings. The molecule has 1 atom stereocenters. The van der Waals surface area contributed by atoms with Crippen LogP contribution >= 0.6 is 0 Å². The summed E-state index contributed by atoms with van der Waals surface area (Å²) in [6.07, 6.45) is 0. The van der Waals surface area contributed by atoms with E-state index in [4.69, 9.17) is 0 Å². The maximum Gasteiger partial charge on any atom is 0.243 e. The Kier molecular flexibility index (Phi) is 7.69. The molecule has 2 aromatic carbocycles. The molecule has 2 amide bonds. The fraction of sp³-hybridized carbons (Fsp3) is 0.333. The molecule has 0 heterocycles. The average Bonchev–Trinajstić information content (AvgIpc) is 2.72. The van der Waals surface area contributed by atoms with Crippen molar-refractivity contribution in [3.8, 4) is 0 Å². The van der Waals surface area contributed by atoms with E-state index in [0.29, 0.717) is 0 Å². The normalized spacial score (nSPS) is 12.5. The van der Waals surface area contributed by atoms with E-state index in [-0.39, 0.29) is 17.0 Å². The van der Waals surface area contributed by atoms with Gasteiger partial charge >= 0.3 is 0 Å². The second-order valence-electron chi connectivity index (χ2n) is 6.98. The van der Waals surface area contributed by atoms with E-state index in [9.17, 15) is 22.4 Å². The monoisotopic (exact) mass is 435 g/mol. The molecule has 0 aliphatic rings. The largest absolute Gasteiger partial charge is 0.357 e. The molecule has 0 bridgehead atoms. The number of carbonyl (C=O) groups excluding carboxylic acids is 2. The molecule has 2 rings (SSSR count). The second kappa shape index (κ2) is 9.82. The van der Waals surface area contributed by atoms with Crippen LogP contribution in [0.3, 0.4) is 0 Å². The standard InChI is InChI=1S/C21H26FN3O4S/c1-15-9-11-18(12-10-15)30(28,29)24(4)14-20(26)25(16(2)21(27)23-3)13-17-7-5-6-8-19(17)22/h5-12,16H,13-14H2,1-4H3,(H,23,27). The number of likely N-dealkylation sites (N-methyl/N-ethyl adjacent to an activating group) is 2. The summed E-state index contributed by atoms with van der Waals surface area (Å²) in [5.74, 6) is -1.57. The van der Waals surface area contributed by atoms with Crippen molar-refractivity contribution in [1.29, 1.82) is 0 Å². The van der Waals surface area contributed by atoms with E-state index in [0.717, 1.165) is 9.87 Å². The number of nitrogens with one attached hydrogen (secondary N) is 1. The maximum atomic E-state index is 14.1. The third-order valence-corrected chi connectivity index (χ3v) is 6.62. The molecule has 0 spiro atoms. The predicted octanol–water partition coefficient (Wildman–Crippen LogP) is 1.92. The molecule has 162 valence electrons. The van der Waals surface area contributed by atoms with Crippen molar-refractivity contribution in [3.05, 3.63) is 65.5 Å². The summed E-state index contributed by atoms with van der Waals surface area (Å²) in [6.45, 7) is 2.68. The van der Waals surface area contributed by atoms with Crippen molar-refractivity contribution >= 4 is 21.8 Å². The second-order valence-corrected chi connectivity index (χ2v) is 9.02. The van der Waals surface area contributed by atoms with Gasteiger partial charge in [0, 0.05) is 26.2 Å². The lowest BCUT2D eigenvalue weighted by molar-refractivity contribution is -0.140. The third-order valence-electron chi connectivity index (χ3n) is 4.80. The zero-order chi connectivity index (χ0) is 22.5. The maximum absolute atomic E-state index is 14.1. The third kappa shape index (κ3) is 5.43. The lowest BCUT2D eigenvalue weighted by Gasteiger charge is -2.30. The Balaban J connectivity index is 2.27. The number of rotatable bonds is 8. The molecular formula is C21H26FN3O4S. The Morgan fingerprint density at radius 3 is 2.27 bits per heavy atom. The van der Waals surface area contributed by atoms with E-state index in [2.05, 4.69) is 5.32 Å². The van der Waals surface area contributed by atoms with Gasteiger partial charge in [-0.15, -0.1) is 0 Å². The average molecular weight is 436 g/mol. The number of amides is 2. The fourth-order valence-electron chi connectivity index (χ4n) is 2.86. The highest BCUT2D eigenvalue weighted by Crippen LogP contribution is 2.17. The van der Waals surface area contributed by atoms with Crippen LogP contribution in [-0.2, 0) is 26.2 Å². The summed E-state index contributed by atoms with van der Waals surface area (Å²) in [7, 11) is -1.19. The minimum atomic E-state index is -3.91. The van der Waals surface area contributed by atoms with Gasteiger partial charge in [0.1, 0.15) is 11.9 Å². The summed E-state index contributed by atoms with van der Waals surface area (Å²) in [5.41, 5.74) is 1.13. The number of hydrogen-bond acceptors (Lipinski definition) is 4. The lowest BCUT2D eigenvalue weighted by Crippen LogP contribution is -2.50. The van der Waals surface area contributed by atoms with Crippen LogP contribution < -0.4 is 5.32 Å². The predicted molar refractivity (Wildman–Crippen MR) is 111 cm³/mol. The van der Waals surface area contributed by atoms with Gasteiger partial charge in [-0.05, 0) is 32.0 Å². The van der Waals surface area contributed by atoms with E-state index >= 15 is 0 Å². The Bertz CT molecular complexity index is 1010. The van der Waals surface area contributed by atoms with Crippen molar-refractivity contribution < 1.29 is 22.4 Å². The summed E-state index contributed by atoms with van der Waals surface area (Å²) in [4.78, 5) is 26.3. The van der Waals surface area contributed by atoms with Gasteiger partial charge in [-0.25, -0.2) is 12.8 Å². The van der Waals surface area contributed by atoms with Crippen molar-refractivity contribution in [1.82, 2.24) is 14.5 Å². The Morgan fingerprint density at radius 1 is 1.10 bits per heavy atom. The smallest absolute Gasteiger partial charge is 0.243 e. The molecule has 0 saturated heterocycles. The highest BCUT2D eigenvalue weighted by Gasteiger charge is 2.30. The summed E-state index contributed by atoms with van der Waals surface area (Å²) in [5, 5.41) is 2.46. The first-order valence-corrected chi connectivity index (χ1v) is 10.8. The summed E-state index contributed by atoms with van der Waals surface area (Å²) < 4.78 is 40.6. The molecule has 30 heavy (non-hydrogen) atoms. The van der Waals surface area contributed by atoms with Gasteiger partial charge in [0.15, 0.2) is 0 Å². The van der Waals surface area contributed by atoms with Crippen molar-refractivity contribution in [2.45, 2.75) is 31.3 Å². The minimum Gasteiger partial charge on any atom is -0.357 e. The summed E-state index contributed by atoms with van der Waals surface area (Å²) in [6, 6.07) is 11.3. The van der Waals surface area contributed by atoms with Crippen molar-refractivity contribution in [2.75, 3.05) is 20.6 Å². The number of benzene rings is 2. The molecular weight excluding hydrogens is 409 g/mol. The van der Waals surface area contributed by atoms with Gasteiger partial charge < -0.3 is 10.2 Å². The van der Waals surface area contributed by atoms with E-state index in [1.807, 2.05) is 6.92 Å². The van der Waals surface area contributed by atoms with Crippen LogP contribution in [0.2, 0.25) is 0 Å². The fourth-order valence-corrected chi connectivity index (χ4v) is 3.98. The van der Waals surface area contributed by atoms with E-state index < -0.39 is 40.2 Å². The first kappa shape index (κ1) is 23.5. The van der Waals surface area contributed by atoms with Crippen LogP contribution in [0, 0.1) is 12.7 Å². The molecule has 0 aliphatic heterocycles. The number of hydrogen-bond donors (Lipinski definition) is 1. The zero-order valence-electron chi connectivity index (χ0n) is 17.4. The zero-order valence-corrected chi connectivity index (χ0v) is 18.2. The number of halogens is 1. The molecule has 0 radical (unpaired) electrons. The Morgan fingerprint density at radius 2 is 1.70 bits per heavy atom. The van der Waals surface area contributed by atoms with Crippen LogP contribution in [-0.4, -0.2) is 56.1 Å². The van der Waals surface area contributed by atoms with Gasteiger partial charge in [0.05, 0.1) is 11.4 Å². The minimum absolute atomic E-state index is 0.0587. The first-order valence-electron chi connectivity index (χ1n) is 9.35. The van der Waals surface area contributed by atoms with Gasteiger partial charge in [-0.2, -0.15) is 4.31 Å². The summed E-state index contributed by atoms with van der Waals surface area (Å²) >= 11 is 0. The molecule has 0 saturated carbocycles. The number of sulfonamides is 1. The van der Waals surface area contributed by atoms with Gasteiger partial charge in [-0.3, -0.25) is 9.59 Å². The molecule has 7 nitrogen and oxygen atoms in total. The Hall–Kier alpha value is -2.78. The molecule has 1 N–H and O–H groups in total. The molecule has 9 heteroatoms. The van der Waals surface area contributed by atoms with E-state index in [1.54, 1.807) is 18.2 Å². The van der Waals surface area contributed by atoms with Gasteiger partial charge in [0.2, 0.25) is 21.8 Å². The Labute approximate surface area is 176 Å². The van der Waals surface area contributed by atoms with Crippen LogP contribution in [0.1, 0.15) is 18.1 Å². The number of nitrogens with zero attached hydrogens (tertiary/aromatic N) is 2. The SMILES string of the molecule is CNC(=O)C(C)N(Cc1ccccc1F)C(=O)CN(C)S(=O)(=O)c1ccc(C)cc1. The van der Waals surface area contributed by atoms with Gasteiger partial charge in [0.25, 0.3) is 0 Å². The van der Waals surface area contributed by atoms with E-state index in [1.165, 1.54) is 56.3 Å². The first-order chi connectivity index (χ1) is 14.1. The molecule has 2 aromatic rings. The quantitative estimate of drug-likeness (QED) is 0.686. The van der Waals surface area contributed by atoms with Crippen LogP contribution in [0.4, 0.5) is 4.39 Å². The van der Waals surface area contributed by atoms with Crippen LogP contribution in [0.25, 0.3) is 0 Å². The van der Waals surface area contributed by atoms with Crippen molar-refractivity contribution in [3.63, 3.8) is 0 Å². The molecule has 1 unspecified atom stereocenters. The number of carbonyl (C=O) groups is 2. The highest BCUT2D eigenvalue weighted by molar-refractivity contribution is 7.89.